The van der Waals surface area contributed by atoms with Crippen molar-refractivity contribution in [2.45, 2.75) is 105 Å². The predicted molar refractivity (Wildman–Crippen MR) is 169 cm³/mol. The maximum Gasteiger partial charge on any atom is 0.306 e. The normalized spacial score (nSPS) is 14.0. The van der Waals surface area contributed by atoms with Crippen LogP contribution in [0.3, 0.4) is 0 Å². The number of ether oxygens (including phenoxy) is 1. The van der Waals surface area contributed by atoms with Crippen molar-refractivity contribution in [3.63, 3.8) is 0 Å². The largest absolute Gasteiger partial charge is 0.481 e. The zero-order valence-corrected chi connectivity index (χ0v) is 27.1. The number of nitrogens with two attached hydrogens (primary N) is 1. The summed E-state index contributed by atoms with van der Waals surface area (Å²) in [5.41, 5.74) is 7.49. The fourth-order valence-corrected chi connectivity index (χ4v) is 5.86. The van der Waals surface area contributed by atoms with Crippen LogP contribution in [-0.4, -0.2) is 57.4 Å². The Morgan fingerprint density at radius 3 is 2.30 bits per heavy atom. The number of nitrogens with zero attached hydrogens (tertiary/aromatic N) is 2. The van der Waals surface area contributed by atoms with Crippen LogP contribution in [0.5, 0.6) is 0 Å². The molecule has 0 spiro atoms. The van der Waals surface area contributed by atoms with E-state index in [0.29, 0.717) is 36.5 Å². The molecule has 11 heteroatoms. The lowest BCUT2D eigenvalue weighted by molar-refractivity contribution is -0.149. The number of hydrogen-bond acceptors (Lipinski definition) is 8. The second-order valence-corrected chi connectivity index (χ2v) is 12.4. The summed E-state index contributed by atoms with van der Waals surface area (Å²) >= 11 is 1.22. The molecule has 4 unspecified atom stereocenters. The molecule has 1 aromatic carbocycles. The van der Waals surface area contributed by atoms with Crippen molar-refractivity contribution >= 4 is 40.8 Å². The van der Waals surface area contributed by atoms with Gasteiger partial charge in [0, 0.05) is 49.5 Å². The average Bonchev–Trinajstić information content (AvgIpc) is 3.44. The van der Waals surface area contributed by atoms with E-state index in [-0.39, 0.29) is 30.0 Å². The molecule has 0 radical (unpaired) electrons. The van der Waals surface area contributed by atoms with E-state index in [0.717, 1.165) is 24.8 Å². The first-order chi connectivity index (χ1) is 20.4. The van der Waals surface area contributed by atoms with Crippen LogP contribution in [0.4, 0.5) is 5.69 Å². The topological polar surface area (TPSA) is 152 Å². The second kappa shape index (κ2) is 17.6. The van der Waals surface area contributed by atoms with Crippen molar-refractivity contribution < 1.29 is 29.0 Å². The minimum atomic E-state index is -0.943. The Hall–Kier alpha value is -3.47. The summed E-state index contributed by atoms with van der Waals surface area (Å²) in [7, 11) is 0. The Bertz CT molecular complexity index is 1200. The minimum absolute atomic E-state index is 0.0888. The van der Waals surface area contributed by atoms with Crippen LogP contribution in [0.2, 0.25) is 0 Å². The van der Waals surface area contributed by atoms with Gasteiger partial charge in [-0.3, -0.25) is 19.2 Å². The van der Waals surface area contributed by atoms with E-state index in [1.807, 2.05) is 37.8 Å². The van der Waals surface area contributed by atoms with Gasteiger partial charge in [-0.15, -0.1) is 11.3 Å². The lowest BCUT2D eigenvalue weighted by Gasteiger charge is -2.36. The molecule has 0 saturated carbocycles. The van der Waals surface area contributed by atoms with Gasteiger partial charge in [-0.1, -0.05) is 53.2 Å². The Morgan fingerprint density at radius 1 is 1.07 bits per heavy atom. The summed E-state index contributed by atoms with van der Waals surface area (Å²) in [5, 5.41) is 14.5. The maximum atomic E-state index is 13.3. The Labute approximate surface area is 259 Å². The lowest BCUT2D eigenvalue weighted by atomic mass is 9.95. The summed E-state index contributed by atoms with van der Waals surface area (Å²) < 4.78 is 5.71. The van der Waals surface area contributed by atoms with E-state index in [1.165, 1.54) is 18.3 Å². The molecule has 1 heterocycles. The van der Waals surface area contributed by atoms with Gasteiger partial charge in [0.2, 0.25) is 5.91 Å². The van der Waals surface area contributed by atoms with Crippen LogP contribution >= 0.6 is 11.3 Å². The number of hydrogen-bond donors (Lipinski definition) is 3. The molecule has 0 aliphatic carbocycles. The number of carboxylic acids is 1. The van der Waals surface area contributed by atoms with Crippen LogP contribution in [0.25, 0.3) is 0 Å². The summed E-state index contributed by atoms with van der Waals surface area (Å²) in [6, 6.07) is 6.59. The highest BCUT2D eigenvalue weighted by Crippen LogP contribution is 2.31. The van der Waals surface area contributed by atoms with E-state index < -0.39 is 35.9 Å². The van der Waals surface area contributed by atoms with Gasteiger partial charge in [0.25, 0.3) is 5.91 Å². The molecule has 2 aromatic rings. The Balaban J connectivity index is 2.29. The highest BCUT2D eigenvalue weighted by molar-refractivity contribution is 7.09. The lowest BCUT2D eigenvalue weighted by Crippen LogP contribution is -2.44. The van der Waals surface area contributed by atoms with Crippen LogP contribution in [-0.2, 0) is 25.5 Å². The fraction of sp³-hybridized carbons (Fsp3) is 0.594. The van der Waals surface area contributed by atoms with Crippen LogP contribution < -0.4 is 11.1 Å². The second-order valence-electron chi connectivity index (χ2n) is 11.5. The van der Waals surface area contributed by atoms with Gasteiger partial charge in [-0.2, -0.15) is 0 Å². The van der Waals surface area contributed by atoms with Gasteiger partial charge in [0.15, 0.2) is 6.10 Å². The highest BCUT2D eigenvalue weighted by Gasteiger charge is 2.32. The van der Waals surface area contributed by atoms with Gasteiger partial charge >= 0.3 is 11.9 Å². The molecular weight excluding hydrogens is 568 g/mol. The van der Waals surface area contributed by atoms with Crippen molar-refractivity contribution in [3.05, 3.63) is 45.9 Å². The van der Waals surface area contributed by atoms with E-state index in [4.69, 9.17) is 10.5 Å². The van der Waals surface area contributed by atoms with Crippen molar-refractivity contribution in [2.75, 3.05) is 12.3 Å². The molecule has 0 fully saturated rings. The number of carboxylic acid groups (broad SMARTS) is 1. The van der Waals surface area contributed by atoms with Crippen LogP contribution in [0.15, 0.2) is 29.6 Å². The summed E-state index contributed by atoms with van der Waals surface area (Å²) in [6.45, 7) is 11.7. The number of benzene rings is 1. The summed E-state index contributed by atoms with van der Waals surface area (Å²) in [5.74, 6) is -2.34. The number of thiazole rings is 1. The number of amides is 2. The number of aromatic nitrogens is 1. The van der Waals surface area contributed by atoms with Crippen molar-refractivity contribution in [3.8, 4) is 0 Å². The van der Waals surface area contributed by atoms with Gasteiger partial charge in [0.05, 0.1) is 5.92 Å². The zero-order valence-electron chi connectivity index (χ0n) is 26.3. The number of anilines is 1. The van der Waals surface area contributed by atoms with E-state index in [1.54, 1.807) is 24.4 Å². The smallest absolute Gasteiger partial charge is 0.306 e. The van der Waals surface area contributed by atoms with Crippen molar-refractivity contribution in [1.82, 2.24) is 15.2 Å². The molecule has 0 aliphatic heterocycles. The number of esters is 1. The van der Waals surface area contributed by atoms with Crippen molar-refractivity contribution in [1.29, 1.82) is 0 Å². The quantitative estimate of drug-likeness (QED) is 0.144. The van der Waals surface area contributed by atoms with Crippen LogP contribution in [0, 0.1) is 11.8 Å². The third kappa shape index (κ3) is 11.6. The monoisotopic (exact) mass is 616 g/mol. The minimum Gasteiger partial charge on any atom is -0.481 e. The number of unbranched alkanes of at least 4 members (excludes halogenated alkanes) is 1. The fourth-order valence-electron chi connectivity index (χ4n) is 5.02. The highest BCUT2D eigenvalue weighted by atomic mass is 32.1. The van der Waals surface area contributed by atoms with E-state index in [9.17, 15) is 24.3 Å². The van der Waals surface area contributed by atoms with Crippen LogP contribution in [0.1, 0.15) is 107 Å². The van der Waals surface area contributed by atoms with Gasteiger partial charge < -0.3 is 25.8 Å². The molecule has 4 atom stereocenters. The molecule has 1 aromatic heterocycles. The number of nitrogen functional groups attached to an aromatic ring is 1. The predicted octanol–water partition coefficient (Wildman–Crippen LogP) is 5.62. The van der Waals surface area contributed by atoms with E-state index in [2.05, 4.69) is 17.2 Å². The summed E-state index contributed by atoms with van der Waals surface area (Å²) in [4.78, 5) is 56.6. The average molecular weight is 617 g/mol. The maximum absolute atomic E-state index is 13.3. The first-order valence-electron chi connectivity index (χ1n) is 15.2. The molecule has 10 nitrogen and oxygen atoms in total. The molecule has 2 amide bonds. The Morgan fingerprint density at radius 2 is 1.74 bits per heavy atom. The zero-order chi connectivity index (χ0) is 32.1. The van der Waals surface area contributed by atoms with Gasteiger partial charge in [-0.05, 0) is 49.3 Å². The number of nitrogens with one attached hydrogen (secondary N) is 1. The standard InChI is InChI=1S/C32H48N4O6S/c1-7-9-10-29(38)36(15-8-2)27(20(3)4)18-28(42-22(6)37)31-35-26(19-43-31)30(39)34-25(16-21(5)32(40)41)17-23-11-13-24(33)14-12-23/h11-14,19-21,25,27-28H,7-10,15-18,33H2,1-6H3,(H,34,39)(H,40,41). The Kier molecular flexibility index (Phi) is 14.6. The first kappa shape index (κ1) is 35.7. The molecule has 4 N–H and O–H groups in total. The number of aliphatic carboxylic acids is 1. The number of rotatable bonds is 18. The summed E-state index contributed by atoms with van der Waals surface area (Å²) in [6.07, 6.45) is 3.30. The number of carbonyl (C=O) groups is 4. The third-order valence-electron chi connectivity index (χ3n) is 7.35. The molecule has 0 saturated heterocycles. The first-order valence-corrected chi connectivity index (χ1v) is 16.0. The SMILES string of the molecule is CCCCC(=O)N(CCC)C(CC(OC(C)=O)c1nc(C(=O)NC(Cc2ccc(N)cc2)CC(C)C(=O)O)cs1)C(C)C. The molecule has 238 valence electrons. The molecular formula is C32H48N4O6S. The molecule has 2 rings (SSSR count). The van der Waals surface area contributed by atoms with Gasteiger partial charge in [-0.25, -0.2) is 4.98 Å². The number of carbonyl (C=O) groups excluding carboxylic acids is 3. The third-order valence-corrected chi connectivity index (χ3v) is 8.29. The van der Waals surface area contributed by atoms with Crippen molar-refractivity contribution in [2.24, 2.45) is 11.8 Å². The molecule has 0 bridgehead atoms. The van der Waals surface area contributed by atoms with E-state index >= 15 is 0 Å². The molecule has 43 heavy (non-hydrogen) atoms. The molecule has 0 aliphatic rings. The van der Waals surface area contributed by atoms with Gasteiger partial charge in [0.1, 0.15) is 10.7 Å².